The van der Waals surface area contributed by atoms with Crippen molar-refractivity contribution in [2.75, 3.05) is 0 Å². The Morgan fingerprint density at radius 3 is 2.27 bits per heavy atom. The average Bonchev–Trinajstić information content (AvgIpc) is 2.47. The zero-order chi connectivity index (χ0) is 16.1. The molecule has 1 unspecified atom stereocenters. The summed E-state index contributed by atoms with van der Waals surface area (Å²) in [7, 11) is 0. The lowest BCUT2D eigenvalue weighted by atomic mass is 10.1. The first-order chi connectivity index (χ1) is 10.5. The molecule has 0 amide bonds. The predicted molar refractivity (Wildman–Crippen MR) is 86.6 cm³/mol. The summed E-state index contributed by atoms with van der Waals surface area (Å²) in [5.41, 5.74) is 1.44. The maximum absolute atomic E-state index is 12.1. The van der Waals surface area contributed by atoms with Crippen LogP contribution >= 0.6 is 15.9 Å². The molecule has 0 radical (unpaired) electrons. The van der Waals surface area contributed by atoms with Gasteiger partial charge in [-0.2, -0.15) is 0 Å². The van der Waals surface area contributed by atoms with Gasteiger partial charge in [0, 0.05) is 6.07 Å². The Labute approximate surface area is 137 Å². The molecule has 114 valence electrons. The highest BCUT2D eigenvalue weighted by Gasteiger charge is 2.13. The van der Waals surface area contributed by atoms with Crippen LogP contribution in [0.15, 0.2) is 48.5 Å². The summed E-state index contributed by atoms with van der Waals surface area (Å²) in [6.45, 7) is 3.57. The molecular formula is C17H15BrO4. The summed E-state index contributed by atoms with van der Waals surface area (Å²) < 4.78 is 10.4. The summed E-state index contributed by atoms with van der Waals surface area (Å²) >= 11 is 3.13. The fourth-order valence-electron chi connectivity index (χ4n) is 1.74. The number of benzene rings is 2. The quantitative estimate of drug-likeness (QED) is 0.470. The van der Waals surface area contributed by atoms with Gasteiger partial charge in [-0.05, 0) is 38.1 Å². The number of ether oxygens (including phenoxy) is 2. The molecule has 0 aliphatic carbocycles. The molecule has 22 heavy (non-hydrogen) atoms. The number of hydrogen-bond donors (Lipinski definition) is 0. The molecule has 0 aliphatic rings. The minimum Gasteiger partial charge on any atom is -0.426 e. The van der Waals surface area contributed by atoms with Crippen molar-refractivity contribution in [3.8, 4) is 11.5 Å². The Kier molecular flexibility index (Phi) is 5.33. The van der Waals surface area contributed by atoms with E-state index in [-0.39, 0.29) is 0 Å². The van der Waals surface area contributed by atoms with Crippen LogP contribution in [0.2, 0.25) is 0 Å². The van der Waals surface area contributed by atoms with Gasteiger partial charge in [0.25, 0.3) is 0 Å². The molecule has 0 fully saturated rings. The molecule has 1 atom stereocenters. The van der Waals surface area contributed by atoms with Gasteiger partial charge in [0.1, 0.15) is 16.3 Å². The molecule has 0 spiro atoms. The van der Waals surface area contributed by atoms with Gasteiger partial charge in [0.05, 0.1) is 5.56 Å². The molecule has 0 aromatic heterocycles. The predicted octanol–water partition coefficient (Wildman–Crippen LogP) is 3.90. The van der Waals surface area contributed by atoms with Crippen molar-refractivity contribution in [1.29, 1.82) is 0 Å². The largest absolute Gasteiger partial charge is 0.426 e. The Morgan fingerprint density at radius 2 is 1.64 bits per heavy atom. The number of carbonyl (C=O) groups is 2. The maximum atomic E-state index is 12.1. The van der Waals surface area contributed by atoms with Gasteiger partial charge in [-0.15, -0.1) is 0 Å². The number of carbonyl (C=O) groups excluding carboxylic acids is 2. The summed E-state index contributed by atoms with van der Waals surface area (Å²) in [6, 6.07) is 13.5. The van der Waals surface area contributed by atoms with Gasteiger partial charge in [-0.3, -0.25) is 4.79 Å². The first-order valence-electron chi connectivity index (χ1n) is 6.70. The second-order valence-corrected chi connectivity index (χ2v) is 6.14. The second kappa shape index (κ2) is 7.22. The third-order valence-electron chi connectivity index (χ3n) is 2.81. The summed E-state index contributed by atoms with van der Waals surface area (Å²) in [5.74, 6) is -0.229. The highest BCUT2D eigenvalue weighted by Crippen LogP contribution is 2.21. The zero-order valence-corrected chi connectivity index (χ0v) is 13.8. The van der Waals surface area contributed by atoms with E-state index in [0.29, 0.717) is 17.1 Å². The van der Waals surface area contributed by atoms with E-state index >= 15 is 0 Å². The van der Waals surface area contributed by atoms with Gasteiger partial charge >= 0.3 is 11.9 Å². The smallest absolute Gasteiger partial charge is 0.343 e. The van der Waals surface area contributed by atoms with Gasteiger partial charge in [-0.1, -0.05) is 39.7 Å². The van der Waals surface area contributed by atoms with Crippen molar-refractivity contribution in [3.05, 3.63) is 59.7 Å². The maximum Gasteiger partial charge on any atom is 0.343 e. The SMILES string of the molecule is Cc1cccc(C(=O)Oc2cccc(OC(=O)C(C)Br)c2)c1. The molecule has 2 rings (SSSR count). The van der Waals surface area contributed by atoms with Crippen LogP contribution in [0.25, 0.3) is 0 Å². The lowest BCUT2D eigenvalue weighted by Gasteiger charge is -2.08. The van der Waals surface area contributed by atoms with E-state index in [1.165, 1.54) is 6.07 Å². The number of hydrogen-bond acceptors (Lipinski definition) is 4. The van der Waals surface area contributed by atoms with Gasteiger partial charge in [0.2, 0.25) is 0 Å². The van der Waals surface area contributed by atoms with Crippen molar-refractivity contribution in [2.45, 2.75) is 18.7 Å². The van der Waals surface area contributed by atoms with Crippen molar-refractivity contribution < 1.29 is 19.1 Å². The molecule has 5 heteroatoms. The lowest BCUT2D eigenvalue weighted by molar-refractivity contribution is -0.133. The Morgan fingerprint density at radius 1 is 1.00 bits per heavy atom. The molecule has 0 saturated carbocycles. The van der Waals surface area contributed by atoms with E-state index < -0.39 is 16.8 Å². The van der Waals surface area contributed by atoms with Gasteiger partial charge < -0.3 is 9.47 Å². The van der Waals surface area contributed by atoms with Gasteiger partial charge in [0.15, 0.2) is 0 Å². The highest BCUT2D eigenvalue weighted by atomic mass is 79.9. The molecule has 0 saturated heterocycles. The van der Waals surface area contributed by atoms with E-state index in [4.69, 9.17) is 9.47 Å². The number of rotatable bonds is 4. The van der Waals surface area contributed by atoms with Crippen LogP contribution in [0.5, 0.6) is 11.5 Å². The van der Waals surface area contributed by atoms with Crippen LogP contribution in [0.4, 0.5) is 0 Å². The monoisotopic (exact) mass is 362 g/mol. The average molecular weight is 363 g/mol. The van der Waals surface area contributed by atoms with Crippen molar-refractivity contribution >= 4 is 27.9 Å². The molecule has 0 heterocycles. The van der Waals surface area contributed by atoms with Crippen LogP contribution in [0.1, 0.15) is 22.8 Å². The molecule has 4 nitrogen and oxygen atoms in total. The normalized spacial score (nSPS) is 11.6. The molecule has 0 bridgehead atoms. The molecular weight excluding hydrogens is 348 g/mol. The standard InChI is InChI=1S/C17H15BrO4/c1-11-5-3-6-13(9-11)17(20)22-15-8-4-7-14(10-15)21-16(19)12(2)18/h3-10,12H,1-2H3. The van der Waals surface area contributed by atoms with E-state index in [0.717, 1.165) is 5.56 Å². The van der Waals surface area contributed by atoms with Crippen LogP contribution in [0, 0.1) is 6.92 Å². The zero-order valence-electron chi connectivity index (χ0n) is 12.2. The lowest BCUT2D eigenvalue weighted by Crippen LogP contribution is -2.17. The Hall–Kier alpha value is -2.14. The van der Waals surface area contributed by atoms with E-state index in [2.05, 4.69) is 15.9 Å². The Bertz CT molecular complexity index is 695. The van der Waals surface area contributed by atoms with Crippen molar-refractivity contribution in [2.24, 2.45) is 0 Å². The molecule has 0 N–H and O–H groups in total. The third kappa shape index (κ3) is 4.43. The highest BCUT2D eigenvalue weighted by molar-refractivity contribution is 9.10. The molecule has 2 aromatic rings. The summed E-state index contributed by atoms with van der Waals surface area (Å²) in [6.07, 6.45) is 0. The molecule has 2 aromatic carbocycles. The van der Waals surface area contributed by atoms with E-state index in [1.54, 1.807) is 43.3 Å². The minimum atomic E-state index is -0.457. The van der Waals surface area contributed by atoms with Crippen molar-refractivity contribution in [3.63, 3.8) is 0 Å². The number of esters is 2. The Balaban J connectivity index is 2.10. The fraction of sp³-hybridized carbons (Fsp3) is 0.176. The first kappa shape index (κ1) is 16.2. The third-order valence-corrected chi connectivity index (χ3v) is 3.19. The topological polar surface area (TPSA) is 52.6 Å². The summed E-state index contributed by atoms with van der Waals surface area (Å²) in [4.78, 5) is 23.2. The van der Waals surface area contributed by atoms with E-state index in [1.807, 2.05) is 13.0 Å². The molecule has 0 aliphatic heterocycles. The van der Waals surface area contributed by atoms with E-state index in [9.17, 15) is 9.59 Å². The van der Waals surface area contributed by atoms with Crippen LogP contribution < -0.4 is 9.47 Å². The van der Waals surface area contributed by atoms with Crippen molar-refractivity contribution in [1.82, 2.24) is 0 Å². The van der Waals surface area contributed by atoms with Gasteiger partial charge in [-0.25, -0.2) is 4.79 Å². The number of halogens is 1. The number of aryl methyl sites for hydroxylation is 1. The second-order valence-electron chi connectivity index (χ2n) is 4.77. The first-order valence-corrected chi connectivity index (χ1v) is 7.62. The van der Waals surface area contributed by atoms with Crippen LogP contribution in [0.3, 0.4) is 0 Å². The van der Waals surface area contributed by atoms with Crippen LogP contribution in [-0.4, -0.2) is 16.8 Å². The fourth-order valence-corrected chi connectivity index (χ4v) is 1.83. The number of alkyl halides is 1. The minimum absolute atomic E-state index is 0.319. The van der Waals surface area contributed by atoms with Crippen LogP contribution in [-0.2, 0) is 4.79 Å². The summed E-state index contributed by atoms with van der Waals surface area (Å²) in [5, 5.41) is 0.